The quantitative estimate of drug-likeness (QED) is 0.292. The van der Waals surface area contributed by atoms with Gasteiger partial charge in [-0.15, -0.1) is 0 Å². The molecule has 7 nitrogen and oxygen atoms in total. The smallest absolute Gasteiger partial charge is 0.262 e. The summed E-state index contributed by atoms with van der Waals surface area (Å²) in [6.45, 7) is 1.72. The van der Waals surface area contributed by atoms with Gasteiger partial charge in [0.05, 0.1) is 18.5 Å². The molecule has 0 saturated heterocycles. The van der Waals surface area contributed by atoms with Gasteiger partial charge >= 0.3 is 0 Å². The van der Waals surface area contributed by atoms with Crippen molar-refractivity contribution in [3.8, 4) is 11.5 Å². The third-order valence-corrected chi connectivity index (χ3v) is 5.10. The van der Waals surface area contributed by atoms with E-state index < -0.39 is 0 Å². The second-order valence-corrected chi connectivity index (χ2v) is 8.08. The van der Waals surface area contributed by atoms with E-state index in [1.54, 1.807) is 48.5 Å². The molecule has 3 rings (SSSR count). The van der Waals surface area contributed by atoms with Crippen molar-refractivity contribution in [2.24, 2.45) is 0 Å². The molecule has 33 heavy (non-hydrogen) atoms. The summed E-state index contributed by atoms with van der Waals surface area (Å²) >= 11 is 3.35. The lowest BCUT2D eigenvalue weighted by molar-refractivity contribution is -0.118. The molecule has 0 heterocycles. The van der Waals surface area contributed by atoms with Crippen LogP contribution in [0.1, 0.15) is 11.1 Å². The Balaban J connectivity index is 1.62. The number of benzene rings is 3. The van der Waals surface area contributed by atoms with Crippen LogP contribution in [0.25, 0.3) is 6.08 Å². The molecule has 0 fully saturated rings. The van der Waals surface area contributed by atoms with Gasteiger partial charge in [0.25, 0.3) is 5.91 Å². The van der Waals surface area contributed by atoms with Crippen LogP contribution in [0, 0.1) is 6.92 Å². The molecule has 3 aromatic carbocycles. The highest BCUT2D eigenvalue weighted by atomic mass is 79.9. The van der Waals surface area contributed by atoms with Crippen molar-refractivity contribution >= 4 is 50.9 Å². The summed E-state index contributed by atoms with van der Waals surface area (Å²) in [7, 11) is 1.51. The number of aryl methyl sites for hydroxylation is 1. The Morgan fingerprint density at radius 1 is 1.00 bits per heavy atom. The molecule has 0 saturated carbocycles. The second kappa shape index (κ2) is 11.2. The van der Waals surface area contributed by atoms with Gasteiger partial charge in [0.1, 0.15) is 0 Å². The maximum Gasteiger partial charge on any atom is 0.262 e. The van der Waals surface area contributed by atoms with E-state index in [0.717, 1.165) is 10.0 Å². The van der Waals surface area contributed by atoms with Crippen LogP contribution in [0.4, 0.5) is 17.1 Å². The van der Waals surface area contributed by atoms with E-state index in [-0.39, 0.29) is 18.4 Å². The minimum atomic E-state index is -0.322. The van der Waals surface area contributed by atoms with E-state index in [9.17, 15) is 9.59 Å². The molecule has 2 amide bonds. The summed E-state index contributed by atoms with van der Waals surface area (Å²) in [6.07, 6.45) is 3.03. The number of nitrogen functional groups attached to an aromatic ring is 1. The van der Waals surface area contributed by atoms with Gasteiger partial charge in [-0.3, -0.25) is 9.59 Å². The summed E-state index contributed by atoms with van der Waals surface area (Å²) in [5.41, 5.74) is 9.36. The molecule has 0 unspecified atom stereocenters. The van der Waals surface area contributed by atoms with Crippen molar-refractivity contribution < 1.29 is 19.1 Å². The number of nitrogens with two attached hydrogens (primary N) is 1. The standard InChI is InChI=1S/C25H24BrN3O4/c1-16-3-10-21(20(27)13-16)29-24(30)12-5-17-4-11-22(32-2)23(14-17)33-15-25(31)28-19-8-6-18(26)7-9-19/h3-14H,15,27H2,1-2H3,(H,28,31)(H,29,30)/b12-5+. The monoisotopic (exact) mass is 509 g/mol. The van der Waals surface area contributed by atoms with E-state index in [1.165, 1.54) is 13.2 Å². The fourth-order valence-corrected chi connectivity index (χ4v) is 3.19. The van der Waals surface area contributed by atoms with Gasteiger partial charge in [-0.1, -0.05) is 28.1 Å². The maximum atomic E-state index is 12.3. The Bertz CT molecular complexity index is 1180. The summed E-state index contributed by atoms with van der Waals surface area (Å²) in [6, 6.07) is 17.8. The summed E-state index contributed by atoms with van der Waals surface area (Å²) in [5.74, 6) is 0.224. The third-order valence-electron chi connectivity index (χ3n) is 4.57. The molecule has 0 aliphatic heterocycles. The second-order valence-electron chi connectivity index (χ2n) is 7.17. The molecular weight excluding hydrogens is 486 g/mol. The lowest BCUT2D eigenvalue weighted by atomic mass is 10.1. The van der Waals surface area contributed by atoms with Gasteiger partial charge in [0.15, 0.2) is 18.1 Å². The van der Waals surface area contributed by atoms with Crippen LogP contribution in [0.3, 0.4) is 0 Å². The largest absolute Gasteiger partial charge is 0.493 e. The number of carbonyl (C=O) groups excluding carboxylic acids is 2. The zero-order valence-electron chi connectivity index (χ0n) is 18.2. The number of anilines is 3. The van der Waals surface area contributed by atoms with Crippen LogP contribution >= 0.6 is 15.9 Å². The molecule has 0 aromatic heterocycles. The summed E-state index contributed by atoms with van der Waals surface area (Å²) in [5, 5.41) is 5.51. The molecule has 0 aliphatic rings. The number of methoxy groups -OCH3 is 1. The van der Waals surface area contributed by atoms with E-state index in [0.29, 0.717) is 34.1 Å². The average molecular weight is 510 g/mol. The average Bonchev–Trinajstić information content (AvgIpc) is 2.79. The molecule has 0 spiro atoms. The number of amides is 2. The Labute approximate surface area is 200 Å². The fourth-order valence-electron chi connectivity index (χ4n) is 2.93. The predicted molar refractivity (Wildman–Crippen MR) is 135 cm³/mol. The van der Waals surface area contributed by atoms with Crippen LogP contribution in [-0.2, 0) is 9.59 Å². The van der Waals surface area contributed by atoms with E-state index in [4.69, 9.17) is 15.2 Å². The topological polar surface area (TPSA) is 103 Å². The first kappa shape index (κ1) is 23.9. The normalized spacial score (nSPS) is 10.6. The zero-order chi connectivity index (χ0) is 23.8. The van der Waals surface area contributed by atoms with Crippen LogP contribution in [0.2, 0.25) is 0 Å². The molecule has 0 aliphatic carbocycles. The maximum absolute atomic E-state index is 12.3. The minimum Gasteiger partial charge on any atom is -0.493 e. The third kappa shape index (κ3) is 7.11. The van der Waals surface area contributed by atoms with Gasteiger partial charge in [-0.2, -0.15) is 0 Å². The number of halogens is 1. The van der Waals surface area contributed by atoms with Crippen molar-refractivity contribution in [3.63, 3.8) is 0 Å². The lowest BCUT2D eigenvalue weighted by Gasteiger charge is -2.12. The number of rotatable bonds is 8. The van der Waals surface area contributed by atoms with Crippen molar-refractivity contribution in [1.29, 1.82) is 0 Å². The first-order valence-corrected chi connectivity index (χ1v) is 10.8. The zero-order valence-corrected chi connectivity index (χ0v) is 19.8. The highest BCUT2D eigenvalue weighted by Gasteiger charge is 2.09. The van der Waals surface area contributed by atoms with Gasteiger partial charge in [-0.05, 0) is 72.7 Å². The van der Waals surface area contributed by atoms with Crippen LogP contribution in [-0.4, -0.2) is 25.5 Å². The first-order valence-electron chi connectivity index (χ1n) is 10.1. The van der Waals surface area contributed by atoms with Crippen LogP contribution in [0.5, 0.6) is 11.5 Å². The first-order chi connectivity index (χ1) is 15.8. The molecule has 0 atom stereocenters. The molecule has 3 aromatic rings. The fraction of sp³-hybridized carbons (Fsp3) is 0.120. The number of hydrogen-bond donors (Lipinski definition) is 3. The molecule has 8 heteroatoms. The Morgan fingerprint density at radius 2 is 1.76 bits per heavy atom. The molecule has 4 N–H and O–H groups in total. The number of hydrogen-bond acceptors (Lipinski definition) is 5. The van der Waals surface area contributed by atoms with Gasteiger partial charge in [0.2, 0.25) is 5.91 Å². The Morgan fingerprint density at radius 3 is 2.45 bits per heavy atom. The SMILES string of the molecule is COc1ccc(/C=C/C(=O)Nc2ccc(C)cc2N)cc1OCC(=O)Nc1ccc(Br)cc1. The Hall–Kier alpha value is -3.78. The number of ether oxygens (including phenoxy) is 2. The molecule has 0 radical (unpaired) electrons. The predicted octanol–water partition coefficient (Wildman–Crippen LogP) is 5.02. The number of carbonyl (C=O) groups is 2. The van der Waals surface area contributed by atoms with Gasteiger partial charge < -0.3 is 25.8 Å². The lowest BCUT2D eigenvalue weighted by Crippen LogP contribution is -2.20. The van der Waals surface area contributed by atoms with Gasteiger partial charge in [0, 0.05) is 16.2 Å². The highest BCUT2D eigenvalue weighted by molar-refractivity contribution is 9.10. The van der Waals surface area contributed by atoms with Crippen LogP contribution in [0.15, 0.2) is 71.2 Å². The summed E-state index contributed by atoms with van der Waals surface area (Å²) in [4.78, 5) is 24.5. The summed E-state index contributed by atoms with van der Waals surface area (Å²) < 4.78 is 11.9. The van der Waals surface area contributed by atoms with Gasteiger partial charge in [-0.25, -0.2) is 0 Å². The van der Waals surface area contributed by atoms with E-state index in [1.807, 2.05) is 25.1 Å². The van der Waals surface area contributed by atoms with Crippen molar-refractivity contribution in [3.05, 3.63) is 82.3 Å². The van der Waals surface area contributed by atoms with E-state index >= 15 is 0 Å². The van der Waals surface area contributed by atoms with E-state index in [2.05, 4.69) is 26.6 Å². The number of nitrogens with one attached hydrogen (secondary N) is 2. The van der Waals surface area contributed by atoms with Crippen molar-refractivity contribution in [2.45, 2.75) is 6.92 Å². The Kier molecular flexibility index (Phi) is 8.10. The van der Waals surface area contributed by atoms with Crippen LogP contribution < -0.4 is 25.8 Å². The molecule has 0 bridgehead atoms. The minimum absolute atomic E-state index is 0.202. The molecular formula is C25H24BrN3O4. The highest BCUT2D eigenvalue weighted by Crippen LogP contribution is 2.29. The van der Waals surface area contributed by atoms with Crippen molar-refractivity contribution in [2.75, 3.05) is 30.1 Å². The molecule has 170 valence electrons. The van der Waals surface area contributed by atoms with Crippen molar-refractivity contribution in [1.82, 2.24) is 0 Å².